The Morgan fingerprint density at radius 2 is 1.90 bits per heavy atom. The van der Waals surface area contributed by atoms with Gasteiger partial charge >= 0.3 is 0 Å². The molecule has 0 spiro atoms. The lowest BCUT2D eigenvalue weighted by atomic mass is 9.97. The standard InChI is InChI=1S/C23H21N5S/c1-3-6-21-20(22-26-27-23(29)28(22)15(2)25-21)13-16-9-11-17(12-10-16)19-8-5-4-7-18(19)14-24/h4-5,7-12H,3,6,13H2,1-2H3,(H,27,29). The van der Waals surface area contributed by atoms with Crippen LogP contribution in [0.3, 0.4) is 0 Å². The van der Waals surface area contributed by atoms with E-state index in [1.807, 2.05) is 35.6 Å². The van der Waals surface area contributed by atoms with Gasteiger partial charge in [0.25, 0.3) is 0 Å². The summed E-state index contributed by atoms with van der Waals surface area (Å²) in [6.45, 7) is 4.12. The molecule has 0 amide bonds. The zero-order valence-corrected chi connectivity index (χ0v) is 17.3. The van der Waals surface area contributed by atoms with Gasteiger partial charge in [-0.25, -0.2) is 4.98 Å². The van der Waals surface area contributed by atoms with Crippen LogP contribution in [0.15, 0.2) is 48.5 Å². The van der Waals surface area contributed by atoms with E-state index in [1.165, 1.54) is 5.56 Å². The lowest BCUT2D eigenvalue weighted by molar-refractivity contribution is 0.824. The number of aromatic nitrogens is 4. The third kappa shape index (κ3) is 3.57. The lowest BCUT2D eigenvalue weighted by Gasteiger charge is -2.12. The predicted octanol–water partition coefficient (Wildman–Crippen LogP) is 5.18. The Bertz CT molecular complexity index is 1280. The maximum Gasteiger partial charge on any atom is 0.201 e. The highest BCUT2D eigenvalue weighted by Gasteiger charge is 2.15. The Hall–Kier alpha value is -3.30. The van der Waals surface area contributed by atoms with Gasteiger partial charge in [-0.2, -0.15) is 10.4 Å². The van der Waals surface area contributed by atoms with Crippen molar-refractivity contribution in [1.82, 2.24) is 19.6 Å². The van der Waals surface area contributed by atoms with Crippen molar-refractivity contribution in [1.29, 1.82) is 5.26 Å². The highest BCUT2D eigenvalue weighted by molar-refractivity contribution is 7.71. The third-order valence-electron chi connectivity index (χ3n) is 5.09. The monoisotopic (exact) mass is 399 g/mol. The Morgan fingerprint density at radius 1 is 1.14 bits per heavy atom. The first-order valence-electron chi connectivity index (χ1n) is 9.66. The molecule has 6 heteroatoms. The Labute approximate surface area is 174 Å². The van der Waals surface area contributed by atoms with Crippen LogP contribution in [0.25, 0.3) is 16.8 Å². The van der Waals surface area contributed by atoms with Gasteiger partial charge < -0.3 is 0 Å². The average Bonchev–Trinajstić information content (AvgIpc) is 3.13. The van der Waals surface area contributed by atoms with Crippen molar-refractivity contribution in [3.05, 3.63) is 81.5 Å². The molecule has 2 aromatic carbocycles. The summed E-state index contributed by atoms with van der Waals surface area (Å²) in [5.41, 5.74) is 6.87. The van der Waals surface area contributed by atoms with E-state index < -0.39 is 0 Å². The van der Waals surface area contributed by atoms with Gasteiger partial charge in [-0.1, -0.05) is 55.8 Å². The van der Waals surface area contributed by atoms with Crippen molar-refractivity contribution >= 4 is 17.9 Å². The molecular weight excluding hydrogens is 378 g/mol. The normalized spacial score (nSPS) is 10.9. The van der Waals surface area contributed by atoms with E-state index in [0.717, 1.165) is 53.1 Å². The Kier molecular flexibility index (Phi) is 5.24. The molecule has 0 unspecified atom stereocenters. The highest BCUT2D eigenvalue weighted by Crippen LogP contribution is 2.25. The fourth-order valence-electron chi connectivity index (χ4n) is 3.70. The van der Waals surface area contributed by atoms with Crippen LogP contribution in [0, 0.1) is 23.0 Å². The van der Waals surface area contributed by atoms with Gasteiger partial charge in [-0.3, -0.25) is 9.50 Å². The van der Waals surface area contributed by atoms with E-state index >= 15 is 0 Å². The fraction of sp³-hybridized carbons (Fsp3) is 0.217. The summed E-state index contributed by atoms with van der Waals surface area (Å²) in [4.78, 5) is 4.81. The average molecular weight is 400 g/mol. The second kappa shape index (κ2) is 7.98. The molecule has 0 saturated carbocycles. The fourth-order valence-corrected chi connectivity index (χ4v) is 3.97. The molecule has 0 atom stereocenters. The van der Waals surface area contributed by atoms with Crippen LogP contribution in [0.2, 0.25) is 0 Å². The van der Waals surface area contributed by atoms with Crippen molar-refractivity contribution in [2.24, 2.45) is 0 Å². The molecule has 0 radical (unpaired) electrons. The second-order valence-corrected chi connectivity index (χ2v) is 7.44. The molecule has 0 aliphatic carbocycles. The quantitative estimate of drug-likeness (QED) is 0.470. The number of aryl methyl sites for hydroxylation is 2. The zero-order valence-electron chi connectivity index (χ0n) is 16.4. The summed E-state index contributed by atoms with van der Waals surface area (Å²) < 4.78 is 2.47. The van der Waals surface area contributed by atoms with Crippen molar-refractivity contribution in [3.63, 3.8) is 0 Å². The minimum absolute atomic E-state index is 0.567. The number of nitriles is 1. The van der Waals surface area contributed by atoms with Crippen molar-refractivity contribution in [2.45, 2.75) is 33.1 Å². The van der Waals surface area contributed by atoms with Crippen LogP contribution in [-0.2, 0) is 12.8 Å². The van der Waals surface area contributed by atoms with E-state index in [0.29, 0.717) is 10.3 Å². The van der Waals surface area contributed by atoms with Crippen LogP contribution in [0.4, 0.5) is 0 Å². The molecule has 0 aliphatic heterocycles. The third-order valence-corrected chi connectivity index (χ3v) is 5.36. The first kappa shape index (κ1) is 19.0. The summed E-state index contributed by atoms with van der Waals surface area (Å²) in [6, 6.07) is 18.3. The largest absolute Gasteiger partial charge is 0.256 e. The minimum atomic E-state index is 0.567. The molecule has 2 aromatic heterocycles. The molecule has 0 aliphatic rings. The molecule has 144 valence electrons. The summed E-state index contributed by atoms with van der Waals surface area (Å²) >= 11 is 5.38. The van der Waals surface area contributed by atoms with Crippen molar-refractivity contribution in [2.75, 3.05) is 0 Å². The van der Waals surface area contributed by atoms with Crippen LogP contribution >= 0.6 is 12.2 Å². The summed E-state index contributed by atoms with van der Waals surface area (Å²) in [5, 5.41) is 16.7. The maximum atomic E-state index is 9.36. The van der Waals surface area contributed by atoms with Gasteiger partial charge in [0, 0.05) is 17.7 Å². The number of fused-ring (bicyclic) bond motifs is 1. The number of nitrogens with zero attached hydrogens (tertiary/aromatic N) is 4. The molecule has 1 N–H and O–H groups in total. The number of rotatable bonds is 5. The molecule has 0 bridgehead atoms. The van der Waals surface area contributed by atoms with Crippen LogP contribution in [0.1, 0.15) is 41.6 Å². The molecule has 0 saturated heterocycles. The number of hydrogen-bond acceptors (Lipinski definition) is 4. The SMILES string of the molecule is CCCc1nc(C)n2c(=S)[nH]nc2c1Cc1ccc(-c2ccccc2C#N)cc1. The second-order valence-electron chi connectivity index (χ2n) is 7.05. The molecule has 0 fully saturated rings. The lowest BCUT2D eigenvalue weighted by Crippen LogP contribution is -2.07. The zero-order chi connectivity index (χ0) is 20.4. The van der Waals surface area contributed by atoms with Gasteiger partial charge in [0.05, 0.1) is 11.6 Å². The number of nitrogens with one attached hydrogen (secondary N) is 1. The Morgan fingerprint density at radius 3 is 2.62 bits per heavy atom. The molecule has 4 aromatic rings. The van der Waals surface area contributed by atoms with E-state index in [2.05, 4.69) is 47.5 Å². The minimum Gasteiger partial charge on any atom is -0.256 e. The Balaban J connectivity index is 1.74. The number of H-pyrrole nitrogens is 1. The highest BCUT2D eigenvalue weighted by atomic mass is 32.1. The van der Waals surface area contributed by atoms with Crippen molar-refractivity contribution in [3.8, 4) is 17.2 Å². The predicted molar refractivity (Wildman–Crippen MR) is 116 cm³/mol. The van der Waals surface area contributed by atoms with Gasteiger partial charge in [0.1, 0.15) is 5.82 Å². The van der Waals surface area contributed by atoms with E-state index in [1.54, 1.807) is 0 Å². The topological polar surface area (TPSA) is 69.8 Å². The van der Waals surface area contributed by atoms with Crippen LogP contribution < -0.4 is 0 Å². The number of hydrogen-bond donors (Lipinski definition) is 1. The molecular formula is C23H21N5S. The summed E-state index contributed by atoms with van der Waals surface area (Å²) in [5.74, 6) is 0.856. The summed E-state index contributed by atoms with van der Waals surface area (Å²) in [6.07, 6.45) is 2.65. The summed E-state index contributed by atoms with van der Waals surface area (Å²) in [7, 11) is 0. The van der Waals surface area contributed by atoms with E-state index in [4.69, 9.17) is 17.2 Å². The number of benzene rings is 2. The van der Waals surface area contributed by atoms with E-state index in [-0.39, 0.29) is 0 Å². The van der Waals surface area contributed by atoms with Gasteiger partial charge in [0.15, 0.2) is 5.65 Å². The first-order chi connectivity index (χ1) is 14.1. The smallest absolute Gasteiger partial charge is 0.201 e. The number of aromatic amines is 1. The molecule has 5 nitrogen and oxygen atoms in total. The van der Waals surface area contributed by atoms with Crippen LogP contribution in [-0.4, -0.2) is 19.6 Å². The van der Waals surface area contributed by atoms with Gasteiger partial charge in [0.2, 0.25) is 4.77 Å². The molecule has 4 rings (SSSR count). The maximum absolute atomic E-state index is 9.36. The van der Waals surface area contributed by atoms with Gasteiger partial charge in [-0.05, 0) is 48.3 Å². The van der Waals surface area contributed by atoms with Crippen molar-refractivity contribution < 1.29 is 0 Å². The van der Waals surface area contributed by atoms with E-state index in [9.17, 15) is 5.26 Å². The van der Waals surface area contributed by atoms with Gasteiger partial charge in [-0.15, -0.1) is 0 Å². The first-order valence-corrected chi connectivity index (χ1v) is 10.1. The molecule has 2 heterocycles. The van der Waals surface area contributed by atoms with Crippen LogP contribution in [0.5, 0.6) is 0 Å². The molecule has 29 heavy (non-hydrogen) atoms.